The normalized spacial score (nSPS) is 25.4. The molecule has 1 unspecified atom stereocenters. The van der Waals surface area contributed by atoms with Gasteiger partial charge < -0.3 is 9.72 Å². The molecule has 0 spiro atoms. The average molecular weight is 237 g/mol. The van der Waals surface area contributed by atoms with Crippen LogP contribution in [0.4, 0.5) is 0 Å². The van der Waals surface area contributed by atoms with Crippen molar-refractivity contribution < 1.29 is 4.74 Å². The summed E-state index contributed by atoms with van der Waals surface area (Å²) in [6.45, 7) is 2.88. The number of aromatic amines is 1. The van der Waals surface area contributed by atoms with Gasteiger partial charge in [-0.1, -0.05) is 17.7 Å². The van der Waals surface area contributed by atoms with Crippen LogP contribution in [0, 0.1) is 0 Å². The number of halogens is 1. The fourth-order valence-electron chi connectivity index (χ4n) is 2.21. The summed E-state index contributed by atoms with van der Waals surface area (Å²) >= 11 is 6.10. The van der Waals surface area contributed by atoms with E-state index in [0.29, 0.717) is 5.02 Å². The molecule has 0 amide bonds. The molecule has 1 atom stereocenters. The van der Waals surface area contributed by atoms with Crippen LogP contribution in [0.2, 0.25) is 5.02 Å². The lowest BCUT2D eigenvalue weighted by atomic mass is 10.0. The number of fused-ring (bicyclic) bond motifs is 1. The van der Waals surface area contributed by atoms with Crippen LogP contribution in [0.5, 0.6) is 0 Å². The van der Waals surface area contributed by atoms with E-state index in [9.17, 15) is 0 Å². The van der Waals surface area contributed by atoms with Crippen molar-refractivity contribution in [1.29, 1.82) is 0 Å². The highest BCUT2D eigenvalue weighted by molar-refractivity contribution is 6.34. The number of hydrogen-bond acceptors (Lipinski definition) is 2. The van der Waals surface area contributed by atoms with Crippen molar-refractivity contribution in [3.8, 4) is 0 Å². The number of rotatable bonds is 1. The number of benzene rings is 1. The third kappa shape index (κ3) is 1.43. The minimum Gasteiger partial charge on any atom is -0.367 e. The largest absolute Gasteiger partial charge is 0.367 e. The number of nitrogens with one attached hydrogen (secondary N) is 1. The lowest BCUT2D eigenvalue weighted by Gasteiger charge is -2.19. The van der Waals surface area contributed by atoms with Crippen LogP contribution in [0.3, 0.4) is 0 Å². The summed E-state index contributed by atoms with van der Waals surface area (Å²) in [5.41, 5.74) is 1.53. The average Bonchev–Trinajstić information content (AvgIpc) is 2.85. The molecule has 0 radical (unpaired) electrons. The van der Waals surface area contributed by atoms with E-state index in [-0.39, 0.29) is 5.60 Å². The predicted molar refractivity (Wildman–Crippen MR) is 63.6 cm³/mol. The quantitative estimate of drug-likeness (QED) is 0.826. The number of nitrogens with zero attached hydrogens (tertiary/aromatic N) is 1. The first-order valence-electron chi connectivity index (χ1n) is 5.48. The number of ether oxygens (including phenoxy) is 1. The van der Waals surface area contributed by atoms with E-state index in [1.54, 1.807) is 0 Å². The highest BCUT2D eigenvalue weighted by Gasteiger charge is 2.34. The highest BCUT2D eigenvalue weighted by atomic mass is 35.5. The lowest BCUT2D eigenvalue weighted by Crippen LogP contribution is -2.21. The standard InChI is InChI=1S/C12H13ClN2O/c1-12(6-3-7-16-12)11-14-9-5-2-4-8(13)10(9)15-11/h2,4-5H,3,6-7H2,1H3,(H,14,15). The van der Waals surface area contributed by atoms with Crippen molar-refractivity contribution in [2.45, 2.75) is 25.4 Å². The van der Waals surface area contributed by atoms with Gasteiger partial charge >= 0.3 is 0 Å². The number of H-pyrrole nitrogens is 1. The Kier molecular flexibility index (Phi) is 2.19. The molecule has 1 aliphatic heterocycles. The lowest BCUT2D eigenvalue weighted by molar-refractivity contribution is 0.0103. The van der Waals surface area contributed by atoms with E-state index in [0.717, 1.165) is 36.3 Å². The van der Waals surface area contributed by atoms with Crippen molar-refractivity contribution in [3.63, 3.8) is 0 Å². The van der Waals surface area contributed by atoms with Crippen molar-refractivity contribution >= 4 is 22.6 Å². The maximum absolute atomic E-state index is 6.10. The van der Waals surface area contributed by atoms with E-state index in [4.69, 9.17) is 16.3 Å². The maximum Gasteiger partial charge on any atom is 0.139 e. The smallest absolute Gasteiger partial charge is 0.139 e. The maximum atomic E-state index is 6.10. The molecule has 84 valence electrons. The minimum absolute atomic E-state index is 0.275. The molecular formula is C12H13ClN2O. The van der Waals surface area contributed by atoms with Crippen LogP contribution in [0.15, 0.2) is 18.2 Å². The first-order valence-corrected chi connectivity index (χ1v) is 5.85. The molecule has 0 aliphatic carbocycles. The van der Waals surface area contributed by atoms with Crippen LogP contribution in [0.25, 0.3) is 11.0 Å². The Morgan fingerprint density at radius 3 is 3.06 bits per heavy atom. The Labute approximate surface area is 98.8 Å². The van der Waals surface area contributed by atoms with Gasteiger partial charge in [0.2, 0.25) is 0 Å². The zero-order valence-corrected chi connectivity index (χ0v) is 9.84. The van der Waals surface area contributed by atoms with E-state index in [1.807, 2.05) is 18.2 Å². The molecule has 1 aliphatic rings. The molecule has 3 nitrogen and oxygen atoms in total. The molecule has 2 heterocycles. The fraction of sp³-hybridized carbons (Fsp3) is 0.417. The highest BCUT2D eigenvalue weighted by Crippen LogP contribution is 2.35. The zero-order valence-electron chi connectivity index (χ0n) is 9.09. The summed E-state index contributed by atoms with van der Waals surface area (Å²) in [7, 11) is 0. The molecule has 1 fully saturated rings. The SMILES string of the molecule is CC1(c2nc3c(Cl)cccc3[nH]2)CCCO1. The number of aromatic nitrogens is 2. The molecule has 0 saturated carbocycles. The summed E-state index contributed by atoms with van der Waals surface area (Å²) in [5, 5.41) is 0.682. The fourth-order valence-corrected chi connectivity index (χ4v) is 2.43. The van der Waals surface area contributed by atoms with Crippen molar-refractivity contribution in [2.24, 2.45) is 0 Å². The van der Waals surface area contributed by atoms with E-state index < -0.39 is 0 Å². The van der Waals surface area contributed by atoms with Crippen molar-refractivity contribution in [2.75, 3.05) is 6.61 Å². The minimum atomic E-state index is -0.275. The Hall–Kier alpha value is -1.06. The number of imidazole rings is 1. The molecule has 3 rings (SSSR count). The summed E-state index contributed by atoms with van der Waals surface area (Å²) in [6.07, 6.45) is 2.09. The zero-order chi connectivity index (χ0) is 11.2. The number of hydrogen-bond donors (Lipinski definition) is 1. The van der Waals surface area contributed by atoms with Crippen molar-refractivity contribution in [1.82, 2.24) is 9.97 Å². The summed E-state index contributed by atoms with van der Waals surface area (Å²) < 4.78 is 5.76. The summed E-state index contributed by atoms with van der Waals surface area (Å²) in [4.78, 5) is 7.85. The van der Waals surface area contributed by atoms with Crippen LogP contribution >= 0.6 is 11.6 Å². The van der Waals surface area contributed by atoms with Gasteiger partial charge in [-0.25, -0.2) is 4.98 Å². The first-order chi connectivity index (χ1) is 7.69. The van der Waals surface area contributed by atoms with Gasteiger partial charge in [0.1, 0.15) is 16.9 Å². The molecule has 16 heavy (non-hydrogen) atoms. The molecule has 1 saturated heterocycles. The predicted octanol–water partition coefficient (Wildman–Crippen LogP) is 3.24. The monoisotopic (exact) mass is 236 g/mol. The summed E-state index contributed by atoms with van der Waals surface area (Å²) in [5.74, 6) is 0.883. The van der Waals surface area contributed by atoms with Gasteiger partial charge in [-0.2, -0.15) is 0 Å². The Morgan fingerprint density at radius 1 is 1.50 bits per heavy atom. The number of para-hydroxylation sites is 1. The van der Waals surface area contributed by atoms with Crippen molar-refractivity contribution in [3.05, 3.63) is 29.0 Å². The van der Waals surface area contributed by atoms with Gasteiger partial charge in [0.15, 0.2) is 0 Å². The Balaban J connectivity index is 2.15. The molecular weight excluding hydrogens is 224 g/mol. The molecule has 1 N–H and O–H groups in total. The Morgan fingerprint density at radius 2 is 2.38 bits per heavy atom. The third-order valence-corrected chi connectivity index (χ3v) is 3.49. The molecule has 2 aromatic rings. The van der Waals surface area contributed by atoms with E-state index in [2.05, 4.69) is 16.9 Å². The van der Waals surface area contributed by atoms with E-state index in [1.165, 1.54) is 0 Å². The van der Waals surface area contributed by atoms with Crippen LogP contribution in [0.1, 0.15) is 25.6 Å². The second-order valence-corrected chi connectivity index (χ2v) is 4.81. The van der Waals surface area contributed by atoms with Crippen LogP contribution < -0.4 is 0 Å². The topological polar surface area (TPSA) is 37.9 Å². The van der Waals surface area contributed by atoms with Gasteiger partial charge in [-0.05, 0) is 31.9 Å². The second kappa shape index (κ2) is 3.47. The molecule has 0 bridgehead atoms. The van der Waals surface area contributed by atoms with Gasteiger partial charge in [-0.15, -0.1) is 0 Å². The van der Waals surface area contributed by atoms with Crippen LogP contribution in [-0.4, -0.2) is 16.6 Å². The third-order valence-electron chi connectivity index (χ3n) is 3.18. The molecule has 4 heteroatoms. The Bertz CT molecular complexity index is 529. The van der Waals surface area contributed by atoms with Gasteiger partial charge in [0.05, 0.1) is 10.5 Å². The van der Waals surface area contributed by atoms with Gasteiger partial charge in [0.25, 0.3) is 0 Å². The first kappa shape index (κ1) is 10.1. The van der Waals surface area contributed by atoms with Gasteiger partial charge in [0, 0.05) is 6.61 Å². The van der Waals surface area contributed by atoms with Crippen LogP contribution in [-0.2, 0) is 10.3 Å². The summed E-state index contributed by atoms with van der Waals surface area (Å²) in [6, 6.07) is 5.76. The van der Waals surface area contributed by atoms with E-state index >= 15 is 0 Å². The molecule has 1 aromatic carbocycles. The van der Waals surface area contributed by atoms with Gasteiger partial charge in [-0.3, -0.25) is 0 Å². The molecule has 1 aromatic heterocycles. The second-order valence-electron chi connectivity index (χ2n) is 4.40.